The van der Waals surface area contributed by atoms with Crippen LogP contribution in [0.25, 0.3) is 0 Å². The first-order valence-corrected chi connectivity index (χ1v) is 8.66. The van der Waals surface area contributed by atoms with Gasteiger partial charge in [0.05, 0.1) is 11.3 Å². The molecule has 23 heavy (non-hydrogen) atoms. The zero-order valence-electron chi connectivity index (χ0n) is 14.6. The maximum Gasteiger partial charge on any atom is 0.133 e. The lowest BCUT2D eigenvalue weighted by Crippen LogP contribution is -2.36. The van der Waals surface area contributed by atoms with Crippen LogP contribution in [0.5, 0.6) is 11.5 Å². The topological polar surface area (TPSA) is 62.0 Å². The van der Waals surface area contributed by atoms with E-state index in [0.29, 0.717) is 19.4 Å². The number of hydrogen-bond donors (Lipinski definition) is 2. The number of fused-ring (bicyclic) bond motifs is 1. The van der Waals surface area contributed by atoms with Gasteiger partial charge < -0.3 is 14.9 Å². The van der Waals surface area contributed by atoms with Crippen molar-refractivity contribution >= 4 is 5.71 Å². The molecule has 0 saturated carbocycles. The molecule has 4 heteroatoms. The zero-order chi connectivity index (χ0) is 16.9. The van der Waals surface area contributed by atoms with Crippen molar-refractivity contribution in [3.8, 4) is 11.5 Å². The Labute approximate surface area is 139 Å². The van der Waals surface area contributed by atoms with Crippen LogP contribution in [0, 0.1) is 0 Å². The van der Waals surface area contributed by atoms with Gasteiger partial charge in [0.25, 0.3) is 0 Å². The van der Waals surface area contributed by atoms with Crippen LogP contribution >= 0.6 is 0 Å². The highest BCUT2D eigenvalue weighted by Crippen LogP contribution is 2.39. The fourth-order valence-corrected chi connectivity index (χ4v) is 3.00. The van der Waals surface area contributed by atoms with E-state index in [1.807, 2.05) is 26.0 Å². The van der Waals surface area contributed by atoms with Crippen molar-refractivity contribution in [1.82, 2.24) is 0 Å². The summed E-state index contributed by atoms with van der Waals surface area (Å²) < 4.78 is 6.09. The molecule has 2 N–H and O–H groups in total. The van der Waals surface area contributed by atoms with Gasteiger partial charge in [-0.1, -0.05) is 19.8 Å². The van der Waals surface area contributed by atoms with Crippen molar-refractivity contribution in [2.75, 3.05) is 13.2 Å². The second-order valence-corrected chi connectivity index (χ2v) is 6.89. The Morgan fingerprint density at radius 1 is 1.22 bits per heavy atom. The molecule has 0 fully saturated rings. The average Bonchev–Trinajstić information content (AvgIpc) is 2.45. The van der Waals surface area contributed by atoms with Crippen LogP contribution in [0.15, 0.2) is 17.1 Å². The molecule has 128 valence electrons. The van der Waals surface area contributed by atoms with Gasteiger partial charge in [-0.05, 0) is 50.8 Å². The molecule has 0 unspecified atom stereocenters. The zero-order valence-corrected chi connectivity index (χ0v) is 14.6. The van der Waals surface area contributed by atoms with Crippen LogP contribution < -0.4 is 4.74 Å². The van der Waals surface area contributed by atoms with Crippen molar-refractivity contribution in [3.05, 3.63) is 23.3 Å². The maximum atomic E-state index is 10.5. The van der Waals surface area contributed by atoms with Gasteiger partial charge in [-0.3, -0.25) is 4.99 Å². The summed E-state index contributed by atoms with van der Waals surface area (Å²) >= 11 is 0. The lowest BCUT2D eigenvalue weighted by Gasteiger charge is -2.34. The molecule has 1 heterocycles. The number of hydrogen-bond acceptors (Lipinski definition) is 4. The Balaban J connectivity index is 2.31. The first-order chi connectivity index (χ1) is 11.0. The Bertz CT molecular complexity index is 564. The van der Waals surface area contributed by atoms with E-state index in [2.05, 4.69) is 11.9 Å². The van der Waals surface area contributed by atoms with Gasteiger partial charge in [-0.2, -0.15) is 0 Å². The number of unbranched alkanes of at least 4 members (excludes halogenated alkanes) is 2. The van der Waals surface area contributed by atoms with Crippen molar-refractivity contribution in [2.45, 2.75) is 64.9 Å². The highest BCUT2D eigenvalue weighted by Gasteiger charge is 2.33. The van der Waals surface area contributed by atoms with E-state index in [1.165, 1.54) is 12.8 Å². The van der Waals surface area contributed by atoms with Crippen LogP contribution in [0.4, 0.5) is 0 Å². The molecule has 0 aliphatic carbocycles. The lowest BCUT2D eigenvalue weighted by molar-refractivity contribution is 0.110. The number of aromatic hydroxyl groups is 1. The summed E-state index contributed by atoms with van der Waals surface area (Å²) in [5, 5.41) is 19.4. The normalized spacial score (nSPS) is 17.8. The standard InChI is InChI=1S/C19H29NO3/c1-4-5-6-8-14-11-16(22)18-15(20-9-7-10-21)13-19(2,3)23-17(18)12-14/h11-12,21-22H,4-10,13H2,1-3H3. The smallest absolute Gasteiger partial charge is 0.133 e. The third-order valence-electron chi connectivity index (χ3n) is 4.10. The molecule has 0 spiro atoms. The number of benzene rings is 1. The fourth-order valence-electron chi connectivity index (χ4n) is 3.00. The maximum absolute atomic E-state index is 10.5. The predicted octanol–water partition coefficient (Wildman–Crippen LogP) is 3.86. The van der Waals surface area contributed by atoms with E-state index in [9.17, 15) is 5.11 Å². The Morgan fingerprint density at radius 2 is 2.00 bits per heavy atom. The molecule has 0 amide bonds. The number of phenols is 1. The number of nitrogens with zero attached hydrogens (tertiary/aromatic N) is 1. The van der Waals surface area contributed by atoms with Crippen molar-refractivity contribution in [2.24, 2.45) is 4.99 Å². The molecule has 2 rings (SSSR count). The highest BCUT2D eigenvalue weighted by atomic mass is 16.5. The monoisotopic (exact) mass is 319 g/mol. The lowest BCUT2D eigenvalue weighted by atomic mass is 9.90. The largest absolute Gasteiger partial charge is 0.507 e. The molecule has 0 aromatic heterocycles. The fraction of sp³-hybridized carbons (Fsp3) is 0.632. The van der Waals surface area contributed by atoms with E-state index in [1.54, 1.807) is 0 Å². The van der Waals surface area contributed by atoms with Gasteiger partial charge in [0.15, 0.2) is 0 Å². The van der Waals surface area contributed by atoms with Crippen LogP contribution in [0.1, 0.15) is 64.0 Å². The SMILES string of the molecule is CCCCCc1cc(O)c2c(c1)OC(C)(C)CC2=NCCCO. The number of aliphatic hydroxyl groups excluding tert-OH is 1. The molecule has 1 aliphatic rings. The average molecular weight is 319 g/mol. The second kappa shape index (κ2) is 7.82. The molecule has 4 nitrogen and oxygen atoms in total. The minimum atomic E-state index is -0.334. The first-order valence-electron chi connectivity index (χ1n) is 8.66. The Hall–Kier alpha value is -1.55. The number of rotatable bonds is 7. The van der Waals surface area contributed by atoms with Gasteiger partial charge in [-0.25, -0.2) is 0 Å². The van der Waals surface area contributed by atoms with Crippen molar-refractivity contribution in [1.29, 1.82) is 0 Å². The minimum absolute atomic E-state index is 0.131. The molecule has 1 aromatic rings. The van der Waals surface area contributed by atoms with Gasteiger partial charge >= 0.3 is 0 Å². The number of phenolic OH excluding ortho intramolecular Hbond substituents is 1. The van der Waals surface area contributed by atoms with Crippen molar-refractivity contribution < 1.29 is 14.9 Å². The molecule has 0 atom stereocenters. The third kappa shape index (κ3) is 4.71. The van der Waals surface area contributed by atoms with Crippen LogP contribution in [0.3, 0.4) is 0 Å². The van der Waals surface area contributed by atoms with Crippen LogP contribution in [-0.4, -0.2) is 34.7 Å². The van der Waals surface area contributed by atoms with E-state index in [4.69, 9.17) is 9.84 Å². The Morgan fingerprint density at radius 3 is 2.70 bits per heavy atom. The minimum Gasteiger partial charge on any atom is -0.507 e. The number of aliphatic hydroxyl groups is 1. The van der Waals surface area contributed by atoms with Crippen LogP contribution in [-0.2, 0) is 6.42 Å². The van der Waals surface area contributed by atoms with Gasteiger partial charge in [0.1, 0.15) is 17.1 Å². The third-order valence-corrected chi connectivity index (χ3v) is 4.10. The summed E-state index contributed by atoms with van der Waals surface area (Å²) in [6.45, 7) is 6.96. The molecular formula is C19H29NO3. The summed E-state index contributed by atoms with van der Waals surface area (Å²) in [7, 11) is 0. The summed E-state index contributed by atoms with van der Waals surface area (Å²) in [5.74, 6) is 0.989. The predicted molar refractivity (Wildman–Crippen MR) is 93.8 cm³/mol. The molecule has 1 aliphatic heterocycles. The highest BCUT2D eigenvalue weighted by molar-refractivity contribution is 6.06. The summed E-state index contributed by atoms with van der Waals surface area (Å²) in [6.07, 6.45) is 5.75. The van der Waals surface area contributed by atoms with E-state index < -0.39 is 0 Å². The summed E-state index contributed by atoms with van der Waals surface area (Å²) in [6, 6.07) is 3.89. The van der Waals surface area contributed by atoms with E-state index in [0.717, 1.165) is 35.4 Å². The molecule has 0 radical (unpaired) electrons. The summed E-state index contributed by atoms with van der Waals surface area (Å²) in [4.78, 5) is 4.59. The van der Waals surface area contributed by atoms with E-state index in [-0.39, 0.29) is 18.0 Å². The summed E-state index contributed by atoms with van der Waals surface area (Å²) in [5.41, 5.74) is 2.38. The van der Waals surface area contributed by atoms with Gasteiger partial charge in [-0.15, -0.1) is 0 Å². The molecule has 1 aromatic carbocycles. The van der Waals surface area contributed by atoms with Gasteiger partial charge in [0.2, 0.25) is 0 Å². The van der Waals surface area contributed by atoms with E-state index >= 15 is 0 Å². The number of aryl methyl sites for hydroxylation is 1. The second-order valence-electron chi connectivity index (χ2n) is 6.89. The van der Waals surface area contributed by atoms with Gasteiger partial charge in [0, 0.05) is 19.6 Å². The number of ether oxygens (including phenoxy) is 1. The Kier molecular flexibility index (Phi) is 6.05. The molecule has 0 saturated heterocycles. The van der Waals surface area contributed by atoms with Crippen LogP contribution in [0.2, 0.25) is 0 Å². The quantitative estimate of drug-likeness (QED) is 0.750. The molecule has 0 bridgehead atoms. The molecular weight excluding hydrogens is 290 g/mol. The van der Waals surface area contributed by atoms with Crippen molar-refractivity contribution in [3.63, 3.8) is 0 Å². The first kappa shape index (κ1) is 17.8. The number of aliphatic imine (C=N–C) groups is 1.